The number of nitrogen functional groups attached to an aromatic ring is 1. The van der Waals surface area contributed by atoms with Gasteiger partial charge in [-0.1, -0.05) is 0 Å². The van der Waals surface area contributed by atoms with Crippen LogP contribution in [0.3, 0.4) is 0 Å². The van der Waals surface area contributed by atoms with Crippen molar-refractivity contribution in [1.29, 1.82) is 0 Å². The van der Waals surface area contributed by atoms with Crippen molar-refractivity contribution in [3.05, 3.63) is 6.33 Å². The number of nitrogens with two attached hydrogens (primary N) is 1. The topological polar surface area (TPSA) is 73.5 Å². The molecule has 0 aliphatic rings. The molecule has 0 aliphatic carbocycles. The van der Waals surface area contributed by atoms with Gasteiger partial charge in [0.1, 0.15) is 12.0 Å². The smallest absolute Gasteiger partial charge is 0.242 e. The molecule has 0 bridgehead atoms. The van der Waals surface area contributed by atoms with Crippen molar-refractivity contribution in [1.82, 2.24) is 9.97 Å². The van der Waals surface area contributed by atoms with E-state index >= 15 is 0 Å². The van der Waals surface area contributed by atoms with Crippen molar-refractivity contribution in [3.63, 3.8) is 0 Å². The molecule has 0 aliphatic heterocycles. The van der Waals surface area contributed by atoms with Gasteiger partial charge in [0.15, 0.2) is 5.82 Å². The highest BCUT2D eigenvalue weighted by Crippen LogP contribution is 2.26. The molecule has 2 N–H and O–H groups in total. The van der Waals surface area contributed by atoms with Gasteiger partial charge < -0.3 is 20.1 Å². The fourth-order valence-electron chi connectivity index (χ4n) is 1.29. The summed E-state index contributed by atoms with van der Waals surface area (Å²) in [5.41, 5.74) is 6.31. The molecule has 0 atom stereocenters. The summed E-state index contributed by atoms with van der Waals surface area (Å²) < 4.78 is 10.3. The number of hydrogen-bond donors (Lipinski definition) is 1. The lowest BCUT2D eigenvalue weighted by Gasteiger charge is -2.19. The molecule has 16 heavy (non-hydrogen) atoms. The molecule has 0 amide bonds. The zero-order valence-corrected chi connectivity index (χ0v) is 9.93. The third kappa shape index (κ3) is 2.96. The van der Waals surface area contributed by atoms with Gasteiger partial charge in [-0.15, -0.1) is 0 Å². The number of hydrogen-bond acceptors (Lipinski definition) is 6. The Balaban J connectivity index is 2.71. The molecule has 1 aromatic heterocycles. The summed E-state index contributed by atoms with van der Waals surface area (Å²) in [6.07, 6.45) is 1.43. The Morgan fingerprint density at radius 1 is 1.44 bits per heavy atom. The number of anilines is 2. The standard InChI is InChI=1S/C10H18N4O2/c1-4-16-6-5-14(2)9-8(11)10(15-3)13-7-12-9/h7H,4-6,11H2,1-3H3. The molecule has 6 nitrogen and oxygen atoms in total. The lowest BCUT2D eigenvalue weighted by Crippen LogP contribution is -2.24. The zero-order valence-electron chi connectivity index (χ0n) is 9.93. The molecule has 1 aromatic rings. The highest BCUT2D eigenvalue weighted by molar-refractivity contribution is 5.67. The lowest BCUT2D eigenvalue weighted by atomic mass is 10.4. The maximum atomic E-state index is 5.87. The van der Waals surface area contributed by atoms with E-state index in [-0.39, 0.29) is 0 Å². The van der Waals surface area contributed by atoms with Gasteiger partial charge in [-0.2, -0.15) is 4.98 Å². The van der Waals surface area contributed by atoms with E-state index in [4.69, 9.17) is 15.2 Å². The van der Waals surface area contributed by atoms with Gasteiger partial charge in [0.2, 0.25) is 5.88 Å². The van der Waals surface area contributed by atoms with Gasteiger partial charge in [-0.3, -0.25) is 0 Å². The summed E-state index contributed by atoms with van der Waals surface area (Å²) in [6, 6.07) is 0. The minimum atomic E-state index is 0.397. The Kier molecular flexibility index (Phi) is 4.78. The summed E-state index contributed by atoms with van der Waals surface area (Å²) in [4.78, 5) is 9.95. The summed E-state index contributed by atoms with van der Waals surface area (Å²) in [7, 11) is 3.43. The predicted molar refractivity (Wildman–Crippen MR) is 62.8 cm³/mol. The number of methoxy groups -OCH3 is 1. The van der Waals surface area contributed by atoms with Crippen LogP contribution in [0.4, 0.5) is 11.5 Å². The van der Waals surface area contributed by atoms with Crippen LogP contribution in [0.25, 0.3) is 0 Å². The largest absolute Gasteiger partial charge is 0.479 e. The molecule has 6 heteroatoms. The molecule has 0 unspecified atom stereocenters. The third-order valence-electron chi connectivity index (χ3n) is 2.16. The zero-order chi connectivity index (χ0) is 12.0. The molecule has 0 radical (unpaired) electrons. The molecule has 0 fully saturated rings. The highest BCUT2D eigenvalue weighted by atomic mass is 16.5. The summed E-state index contributed by atoms with van der Waals surface area (Å²) in [5, 5.41) is 0. The van der Waals surface area contributed by atoms with E-state index in [0.29, 0.717) is 30.6 Å². The molecule has 0 spiro atoms. The Morgan fingerprint density at radius 2 is 2.19 bits per heavy atom. The van der Waals surface area contributed by atoms with Crippen molar-refractivity contribution in [2.45, 2.75) is 6.92 Å². The van der Waals surface area contributed by atoms with Crippen molar-refractivity contribution in [2.24, 2.45) is 0 Å². The van der Waals surface area contributed by atoms with Crippen molar-refractivity contribution in [3.8, 4) is 5.88 Å². The molecule has 0 saturated heterocycles. The normalized spacial score (nSPS) is 10.2. The molecule has 0 aromatic carbocycles. The fraction of sp³-hybridized carbons (Fsp3) is 0.600. The van der Waals surface area contributed by atoms with Crippen LogP contribution in [-0.4, -0.2) is 43.9 Å². The number of rotatable bonds is 6. The second kappa shape index (κ2) is 6.12. The maximum absolute atomic E-state index is 5.87. The van der Waals surface area contributed by atoms with Crippen molar-refractivity contribution in [2.75, 3.05) is 44.5 Å². The van der Waals surface area contributed by atoms with Gasteiger partial charge >= 0.3 is 0 Å². The van der Waals surface area contributed by atoms with Gasteiger partial charge in [0, 0.05) is 20.2 Å². The molecular weight excluding hydrogens is 208 g/mol. The molecular formula is C10H18N4O2. The maximum Gasteiger partial charge on any atom is 0.242 e. The Hall–Kier alpha value is -1.56. The van der Waals surface area contributed by atoms with Crippen molar-refractivity contribution < 1.29 is 9.47 Å². The Bertz CT molecular complexity index is 333. The fourth-order valence-corrected chi connectivity index (χ4v) is 1.29. The van der Waals surface area contributed by atoms with E-state index in [2.05, 4.69) is 9.97 Å². The van der Waals surface area contributed by atoms with E-state index in [1.807, 2.05) is 18.9 Å². The number of aromatic nitrogens is 2. The first-order chi connectivity index (χ1) is 7.70. The Morgan fingerprint density at radius 3 is 2.81 bits per heavy atom. The van der Waals surface area contributed by atoms with Gasteiger partial charge in [-0.05, 0) is 6.92 Å². The first-order valence-corrected chi connectivity index (χ1v) is 5.14. The summed E-state index contributed by atoms with van der Waals surface area (Å²) in [5.74, 6) is 1.06. The quantitative estimate of drug-likeness (QED) is 0.714. The molecule has 90 valence electrons. The summed E-state index contributed by atoms with van der Waals surface area (Å²) in [6.45, 7) is 4.02. The minimum Gasteiger partial charge on any atom is -0.479 e. The van der Waals surface area contributed by atoms with Crippen LogP contribution in [0.5, 0.6) is 5.88 Å². The number of nitrogens with zero attached hydrogens (tertiary/aromatic N) is 3. The first-order valence-electron chi connectivity index (χ1n) is 5.14. The molecule has 1 rings (SSSR count). The van der Waals surface area contributed by atoms with E-state index < -0.39 is 0 Å². The van der Waals surface area contributed by atoms with E-state index in [9.17, 15) is 0 Å². The second-order valence-electron chi connectivity index (χ2n) is 3.24. The van der Waals surface area contributed by atoms with Crippen LogP contribution in [0.15, 0.2) is 6.33 Å². The lowest BCUT2D eigenvalue weighted by molar-refractivity contribution is 0.154. The van der Waals surface area contributed by atoms with Gasteiger partial charge in [0.25, 0.3) is 0 Å². The van der Waals surface area contributed by atoms with E-state index in [1.54, 1.807) is 0 Å². The molecule has 1 heterocycles. The van der Waals surface area contributed by atoms with Crippen LogP contribution in [0, 0.1) is 0 Å². The average Bonchev–Trinajstić information content (AvgIpc) is 2.29. The first kappa shape index (κ1) is 12.5. The molecule has 0 saturated carbocycles. The minimum absolute atomic E-state index is 0.397. The van der Waals surface area contributed by atoms with Crippen LogP contribution >= 0.6 is 0 Å². The highest BCUT2D eigenvalue weighted by Gasteiger charge is 2.11. The van der Waals surface area contributed by atoms with Gasteiger partial charge in [-0.25, -0.2) is 4.98 Å². The third-order valence-corrected chi connectivity index (χ3v) is 2.16. The SMILES string of the molecule is CCOCCN(C)c1ncnc(OC)c1N. The van der Waals surface area contributed by atoms with E-state index in [0.717, 1.165) is 6.54 Å². The van der Waals surface area contributed by atoms with Gasteiger partial charge in [0.05, 0.1) is 13.7 Å². The summed E-state index contributed by atoms with van der Waals surface area (Å²) >= 11 is 0. The number of ether oxygens (including phenoxy) is 2. The van der Waals surface area contributed by atoms with Crippen molar-refractivity contribution >= 4 is 11.5 Å². The van der Waals surface area contributed by atoms with Crippen LogP contribution in [0.1, 0.15) is 6.92 Å². The second-order valence-corrected chi connectivity index (χ2v) is 3.24. The Labute approximate surface area is 95.4 Å². The van der Waals surface area contributed by atoms with Crippen LogP contribution in [0.2, 0.25) is 0 Å². The number of likely N-dealkylation sites (N-methyl/N-ethyl adjacent to an activating group) is 1. The monoisotopic (exact) mass is 226 g/mol. The predicted octanol–water partition coefficient (Wildman–Crippen LogP) is 0.540. The van der Waals surface area contributed by atoms with Crippen LogP contribution in [-0.2, 0) is 4.74 Å². The average molecular weight is 226 g/mol. The van der Waals surface area contributed by atoms with Crippen LogP contribution < -0.4 is 15.4 Å². The van der Waals surface area contributed by atoms with E-state index in [1.165, 1.54) is 13.4 Å².